The van der Waals surface area contributed by atoms with Gasteiger partial charge in [-0.15, -0.1) is 12.4 Å². The number of ether oxygens (including phenoxy) is 4. The highest BCUT2D eigenvalue weighted by atomic mass is 35.5. The van der Waals surface area contributed by atoms with Crippen molar-refractivity contribution < 1.29 is 24.1 Å². The van der Waals surface area contributed by atoms with Gasteiger partial charge in [0.05, 0.1) is 27.4 Å². The molecule has 1 aliphatic rings. The largest absolute Gasteiger partial charge is 0.493 e. The smallest absolute Gasteiger partial charge is 0.203 e. The highest BCUT2D eigenvalue weighted by Gasteiger charge is 2.34. The SMILES string of the molecule is COc1cc(Oc2ccc(C[C@H]3C[C@H](NC(C)(C)C)[C@@H](O)C3)cc2)cc(OC)c1OC.Cl. The summed E-state index contributed by atoms with van der Waals surface area (Å²) in [4.78, 5) is 0. The standard InChI is InChI=1S/C25H35NO5.ClH/c1-25(2,3)26-20-12-17(13-21(20)27)11-16-7-9-18(10-8-16)31-19-14-22(28-4)24(30-6)23(15-19)29-5;/h7-10,14-15,17,20-21,26-27H,11-13H2,1-6H3;1H/t17-,20-,21-;/m0./s1. The van der Waals surface area contributed by atoms with Crippen LogP contribution < -0.4 is 24.3 Å². The number of hydrogen-bond acceptors (Lipinski definition) is 6. The average Bonchev–Trinajstić information content (AvgIpc) is 3.05. The van der Waals surface area contributed by atoms with Crippen molar-refractivity contribution in [2.75, 3.05) is 21.3 Å². The molecule has 1 aliphatic carbocycles. The molecule has 0 bridgehead atoms. The topological polar surface area (TPSA) is 69.2 Å². The third-order valence-corrected chi connectivity index (χ3v) is 5.57. The van der Waals surface area contributed by atoms with Crippen molar-refractivity contribution in [3.8, 4) is 28.7 Å². The minimum Gasteiger partial charge on any atom is -0.493 e. The number of rotatable bonds is 8. The van der Waals surface area contributed by atoms with Gasteiger partial charge in [-0.1, -0.05) is 12.1 Å². The van der Waals surface area contributed by atoms with Gasteiger partial charge in [-0.25, -0.2) is 0 Å². The Kier molecular flexibility index (Phi) is 9.08. The predicted octanol–water partition coefficient (Wildman–Crippen LogP) is 5.00. The van der Waals surface area contributed by atoms with E-state index in [2.05, 4.69) is 38.2 Å². The first kappa shape index (κ1) is 26.1. The van der Waals surface area contributed by atoms with Crippen LogP contribution in [0.4, 0.5) is 0 Å². The van der Waals surface area contributed by atoms with Crippen LogP contribution in [0.15, 0.2) is 36.4 Å². The van der Waals surface area contributed by atoms with E-state index in [1.807, 2.05) is 12.1 Å². The van der Waals surface area contributed by atoms with Gasteiger partial charge in [0.15, 0.2) is 11.5 Å². The van der Waals surface area contributed by atoms with Crippen molar-refractivity contribution in [1.29, 1.82) is 0 Å². The van der Waals surface area contributed by atoms with E-state index in [1.54, 1.807) is 33.5 Å². The Bertz CT molecular complexity index is 841. The van der Waals surface area contributed by atoms with Gasteiger partial charge in [0.1, 0.15) is 11.5 Å². The van der Waals surface area contributed by atoms with E-state index in [9.17, 15) is 5.11 Å². The van der Waals surface area contributed by atoms with Gasteiger partial charge >= 0.3 is 0 Å². The Morgan fingerprint density at radius 1 is 0.906 bits per heavy atom. The van der Waals surface area contributed by atoms with Crippen molar-refractivity contribution in [3.63, 3.8) is 0 Å². The normalized spacial score (nSPS) is 20.4. The van der Waals surface area contributed by atoms with Gasteiger partial charge in [-0.3, -0.25) is 0 Å². The fraction of sp³-hybridized carbons (Fsp3) is 0.520. The molecule has 0 radical (unpaired) electrons. The molecule has 0 amide bonds. The van der Waals surface area contributed by atoms with E-state index in [0.717, 1.165) is 25.0 Å². The second-order valence-electron chi connectivity index (χ2n) is 9.22. The highest BCUT2D eigenvalue weighted by Crippen LogP contribution is 2.42. The Balaban J connectivity index is 0.00000363. The quantitative estimate of drug-likeness (QED) is 0.572. The van der Waals surface area contributed by atoms with Gasteiger partial charge in [0.2, 0.25) is 5.75 Å². The summed E-state index contributed by atoms with van der Waals surface area (Å²) >= 11 is 0. The van der Waals surface area contributed by atoms with Crippen LogP contribution in [-0.2, 0) is 6.42 Å². The zero-order chi connectivity index (χ0) is 22.6. The van der Waals surface area contributed by atoms with Gasteiger partial charge in [-0.2, -0.15) is 0 Å². The molecular formula is C25H36ClNO5. The average molecular weight is 466 g/mol. The molecule has 6 nitrogen and oxygen atoms in total. The lowest BCUT2D eigenvalue weighted by Crippen LogP contribution is -2.47. The molecule has 3 rings (SSSR count). The van der Waals surface area contributed by atoms with Crippen molar-refractivity contribution >= 4 is 12.4 Å². The maximum atomic E-state index is 10.4. The molecule has 178 valence electrons. The molecule has 0 spiro atoms. The molecule has 0 aromatic heterocycles. The fourth-order valence-corrected chi connectivity index (χ4v) is 4.28. The lowest BCUT2D eigenvalue weighted by Gasteiger charge is -2.27. The first-order valence-corrected chi connectivity index (χ1v) is 10.7. The van der Waals surface area contributed by atoms with Gasteiger partial charge in [0.25, 0.3) is 0 Å². The number of aliphatic hydroxyl groups excluding tert-OH is 1. The molecule has 32 heavy (non-hydrogen) atoms. The molecule has 2 aromatic rings. The Hall–Kier alpha value is -2.15. The fourth-order valence-electron chi connectivity index (χ4n) is 4.28. The predicted molar refractivity (Wildman–Crippen MR) is 129 cm³/mol. The Labute approximate surface area is 197 Å². The molecule has 0 heterocycles. The van der Waals surface area contributed by atoms with Crippen molar-refractivity contribution in [3.05, 3.63) is 42.0 Å². The molecule has 3 atom stereocenters. The molecule has 0 saturated heterocycles. The second kappa shape index (κ2) is 11.1. The number of hydrogen-bond donors (Lipinski definition) is 2. The first-order chi connectivity index (χ1) is 14.7. The van der Waals surface area contributed by atoms with E-state index in [1.165, 1.54) is 5.56 Å². The summed E-state index contributed by atoms with van der Waals surface area (Å²) in [6, 6.07) is 11.8. The summed E-state index contributed by atoms with van der Waals surface area (Å²) in [5, 5.41) is 14.0. The number of nitrogens with one attached hydrogen (secondary N) is 1. The molecule has 2 N–H and O–H groups in total. The molecule has 1 fully saturated rings. The number of benzene rings is 2. The van der Waals surface area contributed by atoms with Crippen molar-refractivity contribution in [2.45, 2.75) is 57.7 Å². The summed E-state index contributed by atoms with van der Waals surface area (Å²) in [7, 11) is 4.74. The summed E-state index contributed by atoms with van der Waals surface area (Å²) < 4.78 is 22.1. The third kappa shape index (κ3) is 6.67. The minimum absolute atomic E-state index is 0. The third-order valence-electron chi connectivity index (χ3n) is 5.57. The summed E-state index contributed by atoms with van der Waals surface area (Å²) in [6.45, 7) is 6.42. The maximum absolute atomic E-state index is 10.4. The van der Waals surface area contributed by atoms with Crippen molar-refractivity contribution in [1.82, 2.24) is 5.32 Å². The monoisotopic (exact) mass is 465 g/mol. The summed E-state index contributed by atoms with van der Waals surface area (Å²) in [6.07, 6.45) is 2.48. The van der Waals surface area contributed by atoms with E-state index in [4.69, 9.17) is 18.9 Å². The molecule has 0 aliphatic heterocycles. The van der Waals surface area contributed by atoms with Crippen molar-refractivity contribution in [2.24, 2.45) is 5.92 Å². The van der Waals surface area contributed by atoms with Crippen LogP contribution in [0, 0.1) is 5.92 Å². The van der Waals surface area contributed by atoms with Gasteiger partial charge < -0.3 is 29.4 Å². The Morgan fingerprint density at radius 3 is 2.00 bits per heavy atom. The Morgan fingerprint density at radius 2 is 1.50 bits per heavy atom. The van der Waals surface area contributed by atoms with E-state index in [-0.39, 0.29) is 30.1 Å². The highest BCUT2D eigenvalue weighted by molar-refractivity contribution is 5.85. The van der Waals surface area contributed by atoms with Crippen LogP contribution >= 0.6 is 12.4 Å². The van der Waals surface area contributed by atoms with Crippen LogP contribution in [0.25, 0.3) is 0 Å². The molecule has 7 heteroatoms. The molecule has 1 saturated carbocycles. The molecule has 0 unspecified atom stereocenters. The van der Waals surface area contributed by atoms with Gasteiger partial charge in [0, 0.05) is 23.7 Å². The lowest BCUT2D eigenvalue weighted by molar-refractivity contribution is 0.133. The first-order valence-electron chi connectivity index (χ1n) is 10.7. The zero-order valence-corrected chi connectivity index (χ0v) is 20.6. The summed E-state index contributed by atoms with van der Waals surface area (Å²) in [5.74, 6) is 3.44. The number of aliphatic hydroxyl groups is 1. The van der Waals surface area contributed by atoms with Crippen LogP contribution in [0.1, 0.15) is 39.2 Å². The molecule has 2 aromatic carbocycles. The van der Waals surface area contributed by atoms with E-state index < -0.39 is 0 Å². The van der Waals surface area contributed by atoms with Crippen LogP contribution in [0.2, 0.25) is 0 Å². The van der Waals surface area contributed by atoms with E-state index in [0.29, 0.717) is 28.9 Å². The summed E-state index contributed by atoms with van der Waals surface area (Å²) in [5.41, 5.74) is 1.25. The number of methoxy groups -OCH3 is 3. The lowest BCUT2D eigenvalue weighted by atomic mass is 9.97. The van der Waals surface area contributed by atoms with Crippen LogP contribution in [0.3, 0.4) is 0 Å². The van der Waals surface area contributed by atoms with E-state index >= 15 is 0 Å². The second-order valence-corrected chi connectivity index (χ2v) is 9.22. The van der Waals surface area contributed by atoms with Gasteiger partial charge in [-0.05, 0) is 63.6 Å². The minimum atomic E-state index is -0.285. The number of halogens is 1. The van der Waals surface area contributed by atoms with Crippen LogP contribution in [-0.4, -0.2) is 44.1 Å². The molecular weight excluding hydrogens is 430 g/mol. The van der Waals surface area contributed by atoms with Crippen LogP contribution in [0.5, 0.6) is 28.7 Å². The maximum Gasteiger partial charge on any atom is 0.203 e. The zero-order valence-electron chi connectivity index (χ0n) is 19.8.